The first-order chi connectivity index (χ1) is 12.7. The van der Waals surface area contributed by atoms with E-state index in [0.717, 1.165) is 37.5 Å². The Labute approximate surface area is 155 Å². The first-order valence-electron chi connectivity index (χ1n) is 9.10. The number of amides is 1. The van der Waals surface area contributed by atoms with Crippen molar-refractivity contribution in [3.63, 3.8) is 0 Å². The Morgan fingerprint density at radius 2 is 1.96 bits per heavy atom. The van der Waals surface area contributed by atoms with Gasteiger partial charge in [0.2, 0.25) is 0 Å². The van der Waals surface area contributed by atoms with Gasteiger partial charge in [0.15, 0.2) is 11.7 Å². The summed E-state index contributed by atoms with van der Waals surface area (Å²) in [6.45, 7) is 8.55. The first-order valence-corrected chi connectivity index (χ1v) is 9.10. The predicted molar refractivity (Wildman–Crippen MR) is 102 cm³/mol. The number of hydrogen-bond donors (Lipinski definition) is 3. The molecule has 0 saturated carbocycles. The number of hydrogen-bond acceptors (Lipinski definition) is 5. The summed E-state index contributed by atoms with van der Waals surface area (Å²) in [5.74, 6) is 0.962. The quantitative estimate of drug-likeness (QED) is 0.276. The van der Waals surface area contributed by atoms with Gasteiger partial charge in [-0.2, -0.15) is 0 Å². The van der Waals surface area contributed by atoms with Crippen LogP contribution in [0.15, 0.2) is 21.7 Å². The maximum atomic E-state index is 11.9. The van der Waals surface area contributed by atoms with E-state index >= 15 is 0 Å². The van der Waals surface area contributed by atoms with Crippen molar-refractivity contribution < 1.29 is 18.7 Å². The number of furan rings is 1. The lowest BCUT2D eigenvalue weighted by atomic mass is 10.2. The topological polar surface area (TPSA) is 97.1 Å². The lowest BCUT2D eigenvalue weighted by Crippen LogP contribution is -2.38. The third-order valence-corrected chi connectivity index (χ3v) is 3.49. The fourth-order valence-electron chi connectivity index (χ4n) is 2.12. The van der Waals surface area contributed by atoms with Gasteiger partial charge >= 0.3 is 0 Å². The van der Waals surface area contributed by atoms with Crippen molar-refractivity contribution in [2.24, 2.45) is 4.99 Å². The Hall–Kier alpha value is -2.06. The van der Waals surface area contributed by atoms with Crippen molar-refractivity contribution in [2.75, 3.05) is 53.1 Å². The molecule has 8 nitrogen and oxygen atoms in total. The highest BCUT2D eigenvalue weighted by Gasteiger charge is 2.11. The molecule has 0 fully saturated rings. The molecule has 0 atom stereocenters. The molecule has 0 saturated heterocycles. The van der Waals surface area contributed by atoms with E-state index in [1.807, 2.05) is 13.8 Å². The Balaban J connectivity index is 2.16. The molecule has 0 spiro atoms. The van der Waals surface area contributed by atoms with E-state index in [-0.39, 0.29) is 5.91 Å². The summed E-state index contributed by atoms with van der Waals surface area (Å²) in [6, 6.07) is 1.77. The lowest BCUT2D eigenvalue weighted by molar-refractivity contribution is 0.0698. The van der Waals surface area contributed by atoms with Crippen LogP contribution in [-0.2, 0) is 9.47 Å². The second-order valence-electron chi connectivity index (χ2n) is 5.69. The van der Waals surface area contributed by atoms with Crippen LogP contribution >= 0.6 is 0 Å². The van der Waals surface area contributed by atoms with Gasteiger partial charge in [0.1, 0.15) is 0 Å². The molecule has 26 heavy (non-hydrogen) atoms. The van der Waals surface area contributed by atoms with Crippen LogP contribution in [0.1, 0.15) is 35.9 Å². The van der Waals surface area contributed by atoms with Gasteiger partial charge in [-0.3, -0.25) is 9.79 Å². The van der Waals surface area contributed by atoms with Crippen molar-refractivity contribution in [1.29, 1.82) is 0 Å². The summed E-state index contributed by atoms with van der Waals surface area (Å²) in [5.41, 5.74) is 0.838. The third-order valence-electron chi connectivity index (χ3n) is 3.49. The molecule has 0 unspecified atom stereocenters. The van der Waals surface area contributed by atoms with Crippen molar-refractivity contribution in [2.45, 2.75) is 26.7 Å². The van der Waals surface area contributed by atoms with Crippen molar-refractivity contribution >= 4 is 11.9 Å². The molecule has 3 N–H and O–H groups in total. The molecular weight excluding hydrogens is 336 g/mol. The molecule has 1 aromatic rings. The van der Waals surface area contributed by atoms with Gasteiger partial charge in [0, 0.05) is 45.5 Å². The molecule has 0 aromatic carbocycles. The van der Waals surface area contributed by atoms with E-state index in [1.165, 1.54) is 6.26 Å². The van der Waals surface area contributed by atoms with Crippen molar-refractivity contribution in [1.82, 2.24) is 16.0 Å². The number of rotatable bonds is 13. The van der Waals surface area contributed by atoms with E-state index in [0.29, 0.717) is 38.7 Å². The fourth-order valence-corrected chi connectivity index (χ4v) is 2.12. The van der Waals surface area contributed by atoms with E-state index in [2.05, 4.69) is 20.9 Å². The molecule has 0 radical (unpaired) electrons. The monoisotopic (exact) mass is 368 g/mol. The molecule has 1 heterocycles. The second-order valence-corrected chi connectivity index (χ2v) is 5.69. The summed E-state index contributed by atoms with van der Waals surface area (Å²) in [4.78, 5) is 16.4. The van der Waals surface area contributed by atoms with Crippen LogP contribution in [0.5, 0.6) is 0 Å². The van der Waals surface area contributed by atoms with Crippen LogP contribution in [0.2, 0.25) is 0 Å². The molecule has 1 amide bonds. The number of nitrogens with one attached hydrogen (secondary N) is 3. The molecule has 148 valence electrons. The Morgan fingerprint density at radius 3 is 2.65 bits per heavy atom. The zero-order chi connectivity index (χ0) is 19.0. The predicted octanol–water partition coefficient (Wildman–Crippen LogP) is 1.32. The molecule has 0 aliphatic rings. The number of aliphatic imine (C=N–C) groups is 1. The highest BCUT2D eigenvalue weighted by molar-refractivity contribution is 5.92. The minimum absolute atomic E-state index is 0.185. The Bertz CT molecular complexity index is 531. The highest BCUT2D eigenvalue weighted by atomic mass is 16.5. The van der Waals surface area contributed by atoms with E-state index in [9.17, 15) is 4.79 Å². The van der Waals surface area contributed by atoms with Crippen LogP contribution in [0.25, 0.3) is 0 Å². The lowest BCUT2D eigenvalue weighted by Gasteiger charge is -2.11. The van der Waals surface area contributed by atoms with Crippen LogP contribution in [-0.4, -0.2) is 65.0 Å². The van der Waals surface area contributed by atoms with Crippen LogP contribution in [0.3, 0.4) is 0 Å². The van der Waals surface area contributed by atoms with Crippen molar-refractivity contribution in [3.05, 3.63) is 23.7 Å². The van der Waals surface area contributed by atoms with Gasteiger partial charge in [-0.25, -0.2) is 0 Å². The number of methoxy groups -OCH3 is 1. The van der Waals surface area contributed by atoms with E-state index in [1.54, 1.807) is 13.2 Å². The Morgan fingerprint density at radius 1 is 1.15 bits per heavy atom. The number of nitrogens with zero attached hydrogens (tertiary/aromatic N) is 1. The Kier molecular flexibility index (Phi) is 12.0. The van der Waals surface area contributed by atoms with Gasteiger partial charge in [-0.15, -0.1) is 0 Å². The van der Waals surface area contributed by atoms with Gasteiger partial charge in [0.05, 0.1) is 19.5 Å². The largest absolute Gasteiger partial charge is 0.459 e. The average Bonchev–Trinajstić information content (AvgIpc) is 3.06. The zero-order valence-corrected chi connectivity index (χ0v) is 16.1. The van der Waals surface area contributed by atoms with Gasteiger partial charge < -0.3 is 29.8 Å². The van der Waals surface area contributed by atoms with E-state index in [4.69, 9.17) is 13.9 Å². The smallest absolute Gasteiger partial charge is 0.287 e. The summed E-state index contributed by atoms with van der Waals surface area (Å²) in [6.07, 6.45) is 3.17. The molecule has 0 aliphatic heterocycles. The number of carbonyl (C=O) groups is 1. The van der Waals surface area contributed by atoms with E-state index < -0.39 is 0 Å². The standard InChI is InChI=1S/C18H32N4O4/c1-4-19-18(22-10-6-11-25-14-13-24-3)21-9-5-8-20-17(23)16-15(2)7-12-26-16/h7,12H,4-6,8-11,13-14H2,1-3H3,(H,20,23)(H2,19,21,22). The van der Waals surface area contributed by atoms with Crippen LogP contribution in [0, 0.1) is 6.92 Å². The third kappa shape index (κ3) is 9.43. The first kappa shape index (κ1) is 22.0. The maximum Gasteiger partial charge on any atom is 0.287 e. The normalized spacial score (nSPS) is 11.4. The number of ether oxygens (including phenoxy) is 2. The average molecular weight is 368 g/mol. The van der Waals surface area contributed by atoms with Crippen LogP contribution in [0.4, 0.5) is 0 Å². The summed E-state index contributed by atoms with van der Waals surface area (Å²) in [7, 11) is 1.66. The molecule has 8 heteroatoms. The van der Waals surface area contributed by atoms with Crippen LogP contribution < -0.4 is 16.0 Å². The minimum atomic E-state index is -0.185. The molecule has 0 bridgehead atoms. The molecule has 0 aliphatic carbocycles. The van der Waals surface area contributed by atoms with Crippen molar-refractivity contribution in [3.8, 4) is 0 Å². The summed E-state index contributed by atoms with van der Waals surface area (Å²) < 4.78 is 15.5. The molecule has 1 rings (SSSR count). The number of guanidine groups is 1. The molecule has 1 aromatic heterocycles. The van der Waals surface area contributed by atoms with Gasteiger partial charge in [-0.1, -0.05) is 0 Å². The minimum Gasteiger partial charge on any atom is -0.459 e. The summed E-state index contributed by atoms with van der Waals surface area (Å²) in [5, 5.41) is 9.30. The SMILES string of the molecule is CCNC(=NCCCNC(=O)c1occc1C)NCCCOCCOC. The molecular formula is C18H32N4O4. The van der Waals surface area contributed by atoms with Gasteiger partial charge in [0.25, 0.3) is 5.91 Å². The number of aryl methyl sites for hydroxylation is 1. The fraction of sp³-hybridized carbons (Fsp3) is 0.667. The summed E-state index contributed by atoms with van der Waals surface area (Å²) >= 11 is 0. The van der Waals surface area contributed by atoms with Gasteiger partial charge in [-0.05, 0) is 32.8 Å². The maximum absolute atomic E-state index is 11.9. The second kappa shape index (κ2) is 14.1. The zero-order valence-electron chi connectivity index (χ0n) is 16.1. The number of carbonyl (C=O) groups excluding carboxylic acids is 1. The highest BCUT2D eigenvalue weighted by Crippen LogP contribution is 2.07.